The van der Waals surface area contributed by atoms with E-state index < -0.39 is 10.9 Å². The molecule has 2 unspecified atom stereocenters. The van der Waals surface area contributed by atoms with Crippen molar-refractivity contribution in [1.29, 1.82) is 0 Å². The van der Waals surface area contributed by atoms with E-state index in [0.717, 1.165) is 5.56 Å². The first kappa shape index (κ1) is 15.6. The molecule has 110 valence electrons. The van der Waals surface area contributed by atoms with Crippen molar-refractivity contribution in [2.24, 2.45) is 0 Å². The summed E-state index contributed by atoms with van der Waals surface area (Å²) < 4.78 is 0. The number of amides is 1. The van der Waals surface area contributed by atoms with Crippen molar-refractivity contribution in [2.75, 3.05) is 0 Å². The van der Waals surface area contributed by atoms with E-state index in [-0.39, 0.29) is 5.91 Å². The minimum absolute atomic E-state index is 0.154. The molecule has 21 heavy (non-hydrogen) atoms. The second-order valence-electron chi connectivity index (χ2n) is 5.47. The number of alkyl halides is 1. The molecule has 0 radical (unpaired) electrons. The van der Waals surface area contributed by atoms with E-state index in [1.807, 2.05) is 55.5 Å². The SMILES string of the molecule is CC(Cl)C(=O)NC(C)(Cc1ccccc1)c1ccccc1. The van der Waals surface area contributed by atoms with Gasteiger partial charge in [-0.2, -0.15) is 0 Å². The van der Waals surface area contributed by atoms with Crippen molar-refractivity contribution >= 4 is 17.5 Å². The minimum atomic E-state index is -0.552. The Hall–Kier alpha value is -1.80. The number of hydrogen-bond donors (Lipinski definition) is 1. The monoisotopic (exact) mass is 301 g/mol. The van der Waals surface area contributed by atoms with Crippen LogP contribution in [0, 0.1) is 0 Å². The molecule has 1 N–H and O–H groups in total. The maximum Gasteiger partial charge on any atom is 0.238 e. The predicted octanol–water partition coefficient (Wildman–Crippen LogP) is 3.89. The molecule has 2 aromatic rings. The number of halogens is 1. The van der Waals surface area contributed by atoms with Gasteiger partial charge in [0.1, 0.15) is 5.38 Å². The molecule has 1 amide bonds. The molecule has 0 heterocycles. The van der Waals surface area contributed by atoms with Crippen molar-refractivity contribution in [3.05, 3.63) is 71.8 Å². The summed E-state index contributed by atoms with van der Waals surface area (Å²) in [5, 5.41) is 2.53. The van der Waals surface area contributed by atoms with E-state index in [4.69, 9.17) is 11.6 Å². The van der Waals surface area contributed by atoms with Crippen LogP contribution in [0.25, 0.3) is 0 Å². The van der Waals surface area contributed by atoms with Gasteiger partial charge in [0.2, 0.25) is 5.91 Å². The molecule has 0 saturated carbocycles. The van der Waals surface area contributed by atoms with Crippen LogP contribution in [-0.2, 0) is 16.8 Å². The summed E-state index contributed by atoms with van der Waals surface area (Å²) in [7, 11) is 0. The van der Waals surface area contributed by atoms with Crippen LogP contribution in [0.1, 0.15) is 25.0 Å². The predicted molar refractivity (Wildman–Crippen MR) is 87.4 cm³/mol. The zero-order chi connectivity index (χ0) is 15.3. The Morgan fingerprint density at radius 2 is 1.62 bits per heavy atom. The first-order valence-electron chi connectivity index (χ1n) is 7.07. The molecular formula is C18H20ClNO. The Morgan fingerprint density at radius 1 is 1.10 bits per heavy atom. The van der Waals surface area contributed by atoms with E-state index in [1.54, 1.807) is 6.92 Å². The van der Waals surface area contributed by atoms with Crippen LogP contribution in [0.15, 0.2) is 60.7 Å². The number of rotatable bonds is 5. The van der Waals surface area contributed by atoms with Gasteiger partial charge in [-0.25, -0.2) is 0 Å². The molecule has 2 atom stereocenters. The first-order valence-corrected chi connectivity index (χ1v) is 7.50. The van der Waals surface area contributed by atoms with Gasteiger partial charge in [0, 0.05) is 0 Å². The van der Waals surface area contributed by atoms with Crippen LogP contribution in [0.3, 0.4) is 0 Å². The van der Waals surface area contributed by atoms with E-state index in [1.165, 1.54) is 5.56 Å². The lowest BCUT2D eigenvalue weighted by molar-refractivity contribution is -0.122. The maximum absolute atomic E-state index is 12.1. The normalized spacial score (nSPS) is 15.0. The zero-order valence-corrected chi connectivity index (χ0v) is 13.1. The number of carbonyl (C=O) groups is 1. The highest BCUT2D eigenvalue weighted by atomic mass is 35.5. The third kappa shape index (κ3) is 4.08. The smallest absolute Gasteiger partial charge is 0.238 e. The summed E-state index contributed by atoms with van der Waals surface area (Å²) in [4.78, 5) is 12.1. The fourth-order valence-corrected chi connectivity index (χ4v) is 2.45. The minimum Gasteiger partial charge on any atom is -0.345 e. The van der Waals surface area contributed by atoms with Crippen LogP contribution in [0.4, 0.5) is 0 Å². The van der Waals surface area contributed by atoms with Gasteiger partial charge >= 0.3 is 0 Å². The standard InChI is InChI=1S/C18H20ClNO/c1-14(19)17(21)20-18(2,16-11-7-4-8-12-16)13-15-9-5-3-6-10-15/h3-12,14H,13H2,1-2H3,(H,20,21). The number of benzene rings is 2. The molecule has 0 aliphatic heterocycles. The van der Waals surface area contributed by atoms with Crippen molar-refractivity contribution in [3.8, 4) is 0 Å². The summed E-state index contributed by atoms with van der Waals surface area (Å²) in [5.41, 5.74) is 1.76. The van der Waals surface area contributed by atoms with Gasteiger partial charge in [0.25, 0.3) is 0 Å². The Kier molecular flexibility index (Phi) is 5.03. The lowest BCUT2D eigenvalue weighted by Crippen LogP contribution is -2.47. The van der Waals surface area contributed by atoms with Gasteiger partial charge in [-0.15, -0.1) is 11.6 Å². The summed E-state index contributed by atoms with van der Waals surface area (Å²) in [6.45, 7) is 3.72. The van der Waals surface area contributed by atoms with Crippen LogP contribution in [0.2, 0.25) is 0 Å². The number of carbonyl (C=O) groups excluding carboxylic acids is 1. The lowest BCUT2D eigenvalue weighted by Gasteiger charge is -2.32. The molecule has 2 nitrogen and oxygen atoms in total. The quantitative estimate of drug-likeness (QED) is 0.834. The Balaban J connectivity index is 2.32. The topological polar surface area (TPSA) is 29.1 Å². The van der Waals surface area contributed by atoms with Crippen LogP contribution >= 0.6 is 11.6 Å². The van der Waals surface area contributed by atoms with Gasteiger partial charge in [0.05, 0.1) is 5.54 Å². The van der Waals surface area contributed by atoms with Crippen molar-refractivity contribution < 1.29 is 4.79 Å². The summed E-state index contributed by atoms with van der Waals surface area (Å²) >= 11 is 5.91. The van der Waals surface area contributed by atoms with Crippen molar-refractivity contribution in [2.45, 2.75) is 31.2 Å². The van der Waals surface area contributed by atoms with Crippen LogP contribution in [-0.4, -0.2) is 11.3 Å². The maximum atomic E-state index is 12.1. The average molecular weight is 302 g/mol. The molecule has 0 aromatic heterocycles. The Bertz CT molecular complexity index is 583. The van der Waals surface area contributed by atoms with Gasteiger partial charge in [-0.3, -0.25) is 4.79 Å². The summed E-state index contributed by atoms with van der Waals surface area (Å²) in [5.74, 6) is -0.154. The number of hydrogen-bond acceptors (Lipinski definition) is 1. The van der Waals surface area contributed by atoms with Crippen LogP contribution < -0.4 is 5.32 Å². The number of nitrogens with one attached hydrogen (secondary N) is 1. The molecule has 3 heteroatoms. The van der Waals surface area contributed by atoms with Gasteiger partial charge in [-0.05, 0) is 31.4 Å². The lowest BCUT2D eigenvalue weighted by atomic mass is 9.85. The molecule has 0 aliphatic carbocycles. The summed E-state index contributed by atoms with van der Waals surface area (Å²) in [6.07, 6.45) is 0.715. The van der Waals surface area contributed by atoms with E-state index in [2.05, 4.69) is 17.4 Å². The fourth-order valence-electron chi connectivity index (χ4n) is 2.40. The van der Waals surface area contributed by atoms with E-state index in [9.17, 15) is 4.79 Å². The Morgan fingerprint density at radius 3 is 2.14 bits per heavy atom. The second kappa shape index (κ2) is 6.77. The molecule has 0 aliphatic rings. The van der Waals surface area contributed by atoms with Gasteiger partial charge in [0.15, 0.2) is 0 Å². The molecule has 2 aromatic carbocycles. The molecule has 0 spiro atoms. The highest BCUT2D eigenvalue weighted by Crippen LogP contribution is 2.26. The van der Waals surface area contributed by atoms with E-state index in [0.29, 0.717) is 6.42 Å². The Labute approximate surface area is 131 Å². The highest BCUT2D eigenvalue weighted by Gasteiger charge is 2.30. The molecule has 0 bridgehead atoms. The molecule has 0 fully saturated rings. The first-order chi connectivity index (χ1) is 10.0. The van der Waals surface area contributed by atoms with E-state index >= 15 is 0 Å². The third-order valence-corrected chi connectivity index (χ3v) is 3.77. The van der Waals surface area contributed by atoms with Gasteiger partial charge < -0.3 is 5.32 Å². The largest absolute Gasteiger partial charge is 0.345 e. The molecule has 0 saturated heterocycles. The fraction of sp³-hybridized carbons (Fsp3) is 0.278. The second-order valence-corrected chi connectivity index (χ2v) is 6.12. The van der Waals surface area contributed by atoms with Crippen LogP contribution in [0.5, 0.6) is 0 Å². The average Bonchev–Trinajstić information content (AvgIpc) is 2.49. The molecule has 2 rings (SSSR count). The third-order valence-electron chi connectivity index (χ3n) is 3.57. The zero-order valence-electron chi connectivity index (χ0n) is 12.3. The van der Waals surface area contributed by atoms with Gasteiger partial charge in [-0.1, -0.05) is 60.7 Å². The van der Waals surface area contributed by atoms with Crippen molar-refractivity contribution in [1.82, 2.24) is 5.32 Å². The summed E-state index contributed by atoms with van der Waals surface area (Å²) in [6, 6.07) is 20.1. The van der Waals surface area contributed by atoms with Crippen molar-refractivity contribution in [3.63, 3.8) is 0 Å². The highest BCUT2D eigenvalue weighted by molar-refractivity contribution is 6.30. The molecular weight excluding hydrogens is 282 g/mol.